The molecule has 2 aromatic rings. The van der Waals surface area contributed by atoms with Crippen molar-refractivity contribution in [3.63, 3.8) is 0 Å². The van der Waals surface area contributed by atoms with E-state index in [1.165, 1.54) is 14.2 Å². The monoisotopic (exact) mass is 412 g/mol. The van der Waals surface area contributed by atoms with Gasteiger partial charge in [-0.2, -0.15) is 0 Å². The first kappa shape index (κ1) is 21.5. The van der Waals surface area contributed by atoms with Crippen LogP contribution in [0, 0.1) is 0 Å². The highest BCUT2D eigenvalue weighted by Gasteiger charge is 2.30. The molecule has 3 rings (SSSR count). The zero-order chi connectivity index (χ0) is 21.8. The lowest BCUT2D eigenvalue weighted by atomic mass is 10.1. The molecule has 160 valence electrons. The van der Waals surface area contributed by atoms with E-state index in [1.807, 2.05) is 24.8 Å². The molecule has 1 N–H and O–H groups in total. The van der Waals surface area contributed by atoms with E-state index in [0.717, 1.165) is 12.0 Å². The van der Waals surface area contributed by atoms with E-state index in [4.69, 9.17) is 14.2 Å². The van der Waals surface area contributed by atoms with Gasteiger partial charge in [-0.05, 0) is 50.6 Å². The average Bonchev–Trinajstić information content (AvgIpc) is 2.88. The molecule has 1 aliphatic rings. The van der Waals surface area contributed by atoms with E-state index >= 15 is 0 Å². The lowest BCUT2D eigenvalue weighted by Crippen LogP contribution is -2.42. The highest BCUT2D eigenvalue weighted by Crippen LogP contribution is 2.30. The van der Waals surface area contributed by atoms with Gasteiger partial charge < -0.3 is 24.4 Å². The second kappa shape index (κ2) is 9.07. The summed E-state index contributed by atoms with van der Waals surface area (Å²) in [4.78, 5) is 27.3. The molecule has 0 saturated carbocycles. The summed E-state index contributed by atoms with van der Waals surface area (Å²) < 4.78 is 16.3. The Morgan fingerprint density at radius 1 is 1.20 bits per heavy atom. The van der Waals surface area contributed by atoms with Gasteiger partial charge in [0, 0.05) is 35.5 Å². The van der Waals surface area contributed by atoms with Crippen LogP contribution < -0.4 is 19.5 Å². The van der Waals surface area contributed by atoms with Crippen molar-refractivity contribution in [3.8, 4) is 17.2 Å². The average molecular weight is 412 g/mol. The SMILES string of the molecule is CC[C@H](C)N1Cc2cc(NC(=O)c3cc(OC)cc(OC)c3)ccc2O[C@@H](C)C1=O. The van der Waals surface area contributed by atoms with Gasteiger partial charge >= 0.3 is 0 Å². The summed E-state index contributed by atoms with van der Waals surface area (Å²) in [6, 6.07) is 10.5. The van der Waals surface area contributed by atoms with E-state index in [-0.39, 0.29) is 17.9 Å². The van der Waals surface area contributed by atoms with Crippen LogP contribution in [0.3, 0.4) is 0 Å². The number of carbonyl (C=O) groups excluding carboxylic acids is 2. The van der Waals surface area contributed by atoms with Gasteiger partial charge in [-0.15, -0.1) is 0 Å². The maximum absolute atomic E-state index is 12.8. The van der Waals surface area contributed by atoms with Gasteiger partial charge in [-0.1, -0.05) is 6.92 Å². The van der Waals surface area contributed by atoms with E-state index in [2.05, 4.69) is 5.32 Å². The highest BCUT2D eigenvalue weighted by atomic mass is 16.5. The summed E-state index contributed by atoms with van der Waals surface area (Å²) in [5.74, 6) is 1.40. The van der Waals surface area contributed by atoms with E-state index in [9.17, 15) is 9.59 Å². The summed E-state index contributed by atoms with van der Waals surface area (Å²) in [5.41, 5.74) is 1.90. The van der Waals surface area contributed by atoms with Crippen LogP contribution >= 0.6 is 0 Å². The predicted molar refractivity (Wildman–Crippen MR) is 114 cm³/mol. The van der Waals surface area contributed by atoms with Gasteiger partial charge in [0.2, 0.25) is 0 Å². The van der Waals surface area contributed by atoms with Gasteiger partial charge in [-0.25, -0.2) is 0 Å². The van der Waals surface area contributed by atoms with Crippen molar-refractivity contribution in [2.75, 3.05) is 19.5 Å². The highest BCUT2D eigenvalue weighted by molar-refractivity contribution is 6.05. The Kier molecular flexibility index (Phi) is 6.50. The molecule has 0 saturated heterocycles. The molecule has 0 bridgehead atoms. The van der Waals surface area contributed by atoms with Gasteiger partial charge in [0.1, 0.15) is 17.2 Å². The number of methoxy groups -OCH3 is 2. The van der Waals surface area contributed by atoms with Crippen LogP contribution in [0.25, 0.3) is 0 Å². The Morgan fingerprint density at radius 3 is 2.47 bits per heavy atom. The Morgan fingerprint density at radius 2 is 1.87 bits per heavy atom. The molecule has 2 atom stereocenters. The summed E-state index contributed by atoms with van der Waals surface area (Å²) in [7, 11) is 3.07. The molecule has 0 aromatic heterocycles. The maximum Gasteiger partial charge on any atom is 0.263 e. The Labute approximate surface area is 176 Å². The Hall–Kier alpha value is -3.22. The lowest BCUT2D eigenvalue weighted by Gasteiger charge is -2.28. The van der Waals surface area contributed by atoms with Gasteiger partial charge in [0.15, 0.2) is 6.10 Å². The van der Waals surface area contributed by atoms with Crippen molar-refractivity contribution >= 4 is 17.5 Å². The molecule has 0 spiro atoms. The number of nitrogens with zero attached hydrogens (tertiary/aromatic N) is 1. The Bertz CT molecular complexity index is 921. The fraction of sp³-hybridized carbons (Fsp3) is 0.391. The number of fused-ring (bicyclic) bond motifs is 1. The Balaban J connectivity index is 1.86. The van der Waals surface area contributed by atoms with Crippen LogP contribution in [0.2, 0.25) is 0 Å². The van der Waals surface area contributed by atoms with E-state index in [1.54, 1.807) is 37.3 Å². The first-order chi connectivity index (χ1) is 14.4. The molecule has 2 aromatic carbocycles. The second-order valence-electron chi connectivity index (χ2n) is 7.36. The van der Waals surface area contributed by atoms with Crippen LogP contribution in [0.5, 0.6) is 17.2 Å². The number of carbonyl (C=O) groups is 2. The smallest absolute Gasteiger partial charge is 0.263 e. The van der Waals surface area contributed by atoms with Crippen LogP contribution in [-0.4, -0.2) is 43.1 Å². The third-order valence-corrected chi connectivity index (χ3v) is 5.33. The molecule has 7 heteroatoms. The molecule has 1 aliphatic heterocycles. The molecule has 0 unspecified atom stereocenters. The number of benzene rings is 2. The van der Waals surface area contributed by atoms with Crippen molar-refractivity contribution in [2.45, 2.75) is 45.9 Å². The van der Waals surface area contributed by atoms with E-state index < -0.39 is 6.10 Å². The number of rotatable bonds is 6. The van der Waals surface area contributed by atoms with Gasteiger partial charge in [0.25, 0.3) is 11.8 Å². The van der Waals surface area contributed by atoms with Crippen molar-refractivity contribution in [1.29, 1.82) is 0 Å². The third-order valence-electron chi connectivity index (χ3n) is 5.33. The third kappa shape index (κ3) is 4.50. The van der Waals surface area contributed by atoms with Crippen LogP contribution in [0.15, 0.2) is 36.4 Å². The number of ether oxygens (including phenoxy) is 3. The minimum absolute atomic E-state index is 0.0328. The molecule has 30 heavy (non-hydrogen) atoms. The van der Waals surface area contributed by atoms with Crippen molar-refractivity contribution in [3.05, 3.63) is 47.5 Å². The first-order valence-electron chi connectivity index (χ1n) is 10.0. The molecule has 1 heterocycles. The topological polar surface area (TPSA) is 77.1 Å². The molecule has 2 amide bonds. The predicted octanol–water partition coefficient (Wildman–Crippen LogP) is 3.86. The number of hydrogen-bond acceptors (Lipinski definition) is 5. The molecule has 7 nitrogen and oxygen atoms in total. The van der Waals surface area contributed by atoms with Crippen LogP contribution in [-0.2, 0) is 11.3 Å². The molecule has 0 aliphatic carbocycles. The van der Waals surface area contributed by atoms with Crippen LogP contribution in [0.1, 0.15) is 43.1 Å². The molecular weight excluding hydrogens is 384 g/mol. The molecule has 0 fully saturated rings. The zero-order valence-electron chi connectivity index (χ0n) is 18.0. The molecule has 0 radical (unpaired) electrons. The standard InChI is InChI=1S/C23H28N2O5/c1-6-14(2)25-13-17-9-18(7-8-21(17)30-15(3)23(25)27)24-22(26)16-10-19(28-4)12-20(11-16)29-5/h7-12,14-15H,6,13H2,1-5H3,(H,24,26)/t14-,15-/m0/s1. The zero-order valence-corrected chi connectivity index (χ0v) is 18.0. The second-order valence-corrected chi connectivity index (χ2v) is 7.36. The number of hydrogen-bond donors (Lipinski definition) is 1. The normalized spacial score (nSPS) is 16.8. The number of amides is 2. The fourth-order valence-corrected chi connectivity index (χ4v) is 3.37. The van der Waals surface area contributed by atoms with Crippen molar-refractivity contribution in [2.24, 2.45) is 0 Å². The minimum atomic E-state index is -0.551. The first-order valence-corrected chi connectivity index (χ1v) is 10.0. The maximum atomic E-state index is 12.8. The lowest BCUT2D eigenvalue weighted by molar-refractivity contribution is -0.139. The largest absolute Gasteiger partial charge is 0.497 e. The van der Waals surface area contributed by atoms with Gasteiger partial charge in [0.05, 0.1) is 14.2 Å². The summed E-state index contributed by atoms with van der Waals surface area (Å²) >= 11 is 0. The van der Waals surface area contributed by atoms with Crippen molar-refractivity contribution in [1.82, 2.24) is 4.90 Å². The summed E-state index contributed by atoms with van der Waals surface area (Å²) in [5, 5.41) is 2.90. The van der Waals surface area contributed by atoms with E-state index in [0.29, 0.717) is 35.0 Å². The minimum Gasteiger partial charge on any atom is -0.497 e. The fourth-order valence-electron chi connectivity index (χ4n) is 3.37. The molecular formula is C23H28N2O5. The number of nitrogens with one attached hydrogen (secondary N) is 1. The summed E-state index contributed by atoms with van der Waals surface area (Å²) in [6.07, 6.45) is 0.298. The van der Waals surface area contributed by atoms with Gasteiger partial charge in [-0.3, -0.25) is 9.59 Å². The van der Waals surface area contributed by atoms with Crippen molar-refractivity contribution < 1.29 is 23.8 Å². The quantitative estimate of drug-likeness (QED) is 0.780. The van der Waals surface area contributed by atoms with Crippen LogP contribution in [0.4, 0.5) is 5.69 Å². The number of anilines is 1. The summed E-state index contributed by atoms with van der Waals surface area (Å²) in [6.45, 7) is 6.27.